The highest BCUT2D eigenvalue weighted by Gasteiger charge is 2.27. The number of methoxy groups -OCH3 is 1. The van der Waals surface area contributed by atoms with E-state index < -0.39 is 0 Å². The molecule has 2 N–H and O–H groups in total. The van der Waals surface area contributed by atoms with Gasteiger partial charge in [-0.05, 0) is 18.0 Å². The van der Waals surface area contributed by atoms with E-state index in [1.807, 2.05) is 0 Å². The van der Waals surface area contributed by atoms with E-state index in [4.69, 9.17) is 15.2 Å². The number of anilines is 2. The summed E-state index contributed by atoms with van der Waals surface area (Å²) in [5.74, 6) is 1.18. The minimum absolute atomic E-state index is 0.391. The topological polar surface area (TPSA) is 60.6 Å². The fraction of sp³-hybridized carbons (Fsp3) is 0.700. The van der Waals surface area contributed by atoms with Crippen LogP contribution in [0.4, 0.5) is 10.8 Å². The molecule has 0 saturated carbocycles. The highest BCUT2D eigenvalue weighted by Crippen LogP contribution is 2.39. The van der Waals surface area contributed by atoms with Gasteiger partial charge in [-0.2, -0.15) is 4.37 Å². The van der Waals surface area contributed by atoms with Crippen molar-refractivity contribution in [3.63, 3.8) is 0 Å². The Balaban J connectivity index is 2.26. The van der Waals surface area contributed by atoms with Crippen LogP contribution in [0.25, 0.3) is 0 Å². The van der Waals surface area contributed by atoms with Gasteiger partial charge >= 0.3 is 0 Å². The average Bonchev–Trinajstić information content (AvgIpc) is 2.70. The van der Waals surface area contributed by atoms with Crippen molar-refractivity contribution in [3.8, 4) is 5.75 Å². The van der Waals surface area contributed by atoms with Gasteiger partial charge in [0.25, 0.3) is 0 Å². The second-order valence-corrected chi connectivity index (χ2v) is 4.49. The van der Waals surface area contributed by atoms with E-state index in [0.717, 1.165) is 31.2 Å². The van der Waals surface area contributed by atoms with E-state index in [1.54, 1.807) is 7.11 Å². The van der Waals surface area contributed by atoms with Gasteiger partial charge in [0.1, 0.15) is 0 Å². The normalized spacial score (nSPS) is 21.1. The number of aromatic nitrogens is 1. The van der Waals surface area contributed by atoms with Gasteiger partial charge in [0.2, 0.25) is 0 Å². The third kappa shape index (κ3) is 1.94. The van der Waals surface area contributed by atoms with Crippen molar-refractivity contribution in [2.45, 2.75) is 19.4 Å². The second kappa shape index (κ2) is 4.88. The van der Waals surface area contributed by atoms with E-state index >= 15 is 0 Å². The summed E-state index contributed by atoms with van der Waals surface area (Å²) in [4.78, 5) is 2.29. The molecule has 0 spiro atoms. The quantitative estimate of drug-likeness (QED) is 0.868. The molecule has 0 aromatic carbocycles. The summed E-state index contributed by atoms with van der Waals surface area (Å²) < 4.78 is 14.9. The lowest BCUT2D eigenvalue weighted by Gasteiger charge is -2.35. The van der Waals surface area contributed by atoms with Crippen LogP contribution >= 0.6 is 11.5 Å². The van der Waals surface area contributed by atoms with Gasteiger partial charge in [-0.15, -0.1) is 0 Å². The number of morpholine rings is 1. The molecule has 1 unspecified atom stereocenters. The maximum atomic E-state index is 5.76. The summed E-state index contributed by atoms with van der Waals surface area (Å²) in [6, 6.07) is 0.391. The Morgan fingerprint density at radius 1 is 1.69 bits per heavy atom. The Kier molecular flexibility index (Phi) is 3.50. The molecule has 1 aromatic rings. The lowest BCUT2D eigenvalue weighted by molar-refractivity contribution is 0.0931. The van der Waals surface area contributed by atoms with Gasteiger partial charge in [-0.25, -0.2) is 0 Å². The van der Waals surface area contributed by atoms with E-state index in [1.165, 1.54) is 11.5 Å². The minimum atomic E-state index is 0.391. The van der Waals surface area contributed by atoms with Crippen LogP contribution in [0.2, 0.25) is 0 Å². The predicted molar refractivity (Wildman–Crippen MR) is 65.3 cm³/mol. The van der Waals surface area contributed by atoms with Crippen molar-refractivity contribution in [1.29, 1.82) is 0 Å². The van der Waals surface area contributed by atoms with Crippen LogP contribution in [-0.4, -0.2) is 37.3 Å². The van der Waals surface area contributed by atoms with Gasteiger partial charge in [-0.3, -0.25) is 0 Å². The molecule has 0 radical (unpaired) electrons. The number of hydrogen-bond donors (Lipinski definition) is 1. The first-order valence-electron chi connectivity index (χ1n) is 5.41. The zero-order chi connectivity index (χ0) is 11.5. The monoisotopic (exact) mass is 243 g/mol. The molecule has 0 bridgehead atoms. The van der Waals surface area contributed by atoms with E-state index in [2.05, 4.69) is 16.2 Å². The molecule has 0 aliphatic carbocycles. The largest absolute Gasteiger partial charge is 0.490 e. The van der Waals surface area contributed by atoms with E-state index in [-0.39, 0.29) is 0 Å². The maximum absolute atomic E-state index is 5.76. The Hall–Kier alpha value is -1.01. The first-order valence-corrected chi connectivity index (χ1v) is 6.18. The lowest BCUT2D eigenvalue weighted by Crippen LogP contribution is -2.44. The number of rotatable bonds is 3. The summed E-state index contributed by atoms with van der Waals surface area (Å²) >= 11 is 1.40. The first-order chi connectivity index (χ1) is 7.77. The first kappa shape index (κ1) is 11.5. The van der Waals surface area contributed by atoms with Crippen molar-refractivity contribution in [2.24, 2.45) is 0 Å². The summed E-state index contributed by atoms with van der Waals surface area (Å²) in [5, 5.41) is 1.02. The van der Waals surface area contributed by atoms with Crippen LogP contribution in [0.1, 0.15) is 13.3 Å². The summed E-state index contributed by atoms with van der Waals surface area (Å²) in [6.45, 7) is 4.54. The zero-order valence-corrected chi connectivity index (χ0v) is 10.4. The smallest absolute Gasteiger partial charge is 0.197 e. The van der Waals surface area contributed by atoms with Crippen molar-refractivity contribution >= 4 is 22.4 Å². The van der Waals surface area contributed by atoms with E-state index in [9.17, 15) is 0 Å². The fourth-order valence-corrected chi connectivity index (χ4v) is 2.80. The minimum Gasteiger partial charge on any atom is -0.490 e. The molecule has 5 nitrogen and oxygen atoms in total. The van der Waals surface area contributed by atoms with Gasteiger partial charge < -0.3 is 20.1 Å². The summed E-state index contributed by atoms with van der Waals surface area (Å²) in [6.07, 6.45) is 1.04. The molecular formula is C10H17N3O2S. The molecule has 1 atom stereocenters. The van der Waals surface area contributed by atoms with Crippen LogP contribution in [0, 0.1) is 0 Å². The number of nitrogens with zero attached hydrogens (tertiary/aromatic N) is 2. The third-order valence-corrected chi connectivity index (χ3v) is 3.70. The molecule has 1 saturated heterocycles. The van der Waals surface area contributed by atoms with Gasteiger partial charge in [0, 0.05) is 6.54 Å². The summed E-state index contributed by atoms with van der Waals surface area (Å²) in [7, 11) is 1.63. The van der Waals surface area contributed by atoms with Gasteiger partial charge in [0.05, 0.1) is 26.4 Å². The van der Waals surface area contributed by atoms with Crippen LogP contribution in [0.15, 0.2) is 0 Å². The fourth-order valence-electron chi connectivity index (χ4n) is 1.92. The molecule has 16 heavy (non-hydrogen) atoms. The molecular weight excluding hydrogens is 226 g/mol. The van der Waals surface area contributed by atoms with Crippen LogP contribution < -0.4 is 15.4 Å². The molecule has 1 aliphatic heterocycles. The molecule has 6 heteroatoms. The standard InChI is InChI=1S/C10H17N3O2S/c1-3-7-6-15-5-4-13(7)10-8(14-2)9(11)12-16-10/h7H,3-6H2,1-2H3,(H2,11,12). The molecule has 1 aromatic heterocycles. The van der Waals surface area contributed by atoms with Crippen LogP contribution in [0.5, 0.6) is 5.75 Å². The van der Waals surface area contributed by atoms with Crippen LogP contribution in [0.3, 0.4) is 0 Å². The van der Waals surface area contributed by atoms with Crippen molar-refractivity contribution in [2.75, 3.05) is 37.5 Å². The predicted octanol–water partition coefficient (Wildman–Crippen LogP) is 1.35. The molecule has 90 valence electrons. The maximum Gasteiger partial charge on any atom is 0.197 e. The van der Waals surface area contributed by atoms with Gasteiger partial charge in [-0.1, -0.05) is 6.92 Å². The number of nitrogen functional groups attached to an aromatic ring is 1. The number of hydrogen-bond acceptors (Lipinski definition) is 6. The SMILES string of the molecule is CCC1COCCN1c1snc(N)c1OC. The highest BCUT2D eigenvalue weighted by atomic mass is 32.1. The Morgan fingerprint density at radius 3 is 3.19 bits per heavy atom. The Bertz CT molecular complexity index is 356. The Morgan fingerprint density at radius 2 is 2.50 bits per heavy atom. The van der Waals surface area contributed by atoms with E-state index in [0.29, 0.717) is 17.6 Å². The van der Waals surface area contributed by atoms with Crippen molar-refractivity contribution in [1.82, 2.24) is 4.37 Å². The average molecular weight is 243 g/mol. The molecule has 1 fully saturated rings. The molecule has 2 rings (SSSR count). The highest BCUT2D eigenvalue weighted by molar-refractivity contribution is 7.11. The number of nitrogens with two attached hydrogens (primary N) is 1. The van der Waals surface area contributed by atoms with Crippen molar-refractivity contribution in [3.05, 3.63) is 0 Å². The van der Waals surface area contributed by atoms with Crippen LogP contribution in [-0.2, 0) is 4.74 Å². The molecule has 0 amide bonds. The Labute approximate surface area is 99.3 Å². The second-order valence-electron chi connectivity index (χ2n) is 3.74. The lowest BCUT2D eigenvalue weighted by atomic mass is 10.2. The van der Waals surface area contributed by atoms with Gasteiger partial charge in [0.15, 0.2) is 16.6 Å². The van der Waals surface area contributed by atoms with Crippen molar-refractivity contribution < 1.29 is 9.47 Å². The number of ether oxygens (including phenoxy) is 2. The third-order valence-electron chi connectivity index (χ3n) is 2.82. The molecule has 2 heterocycles. The molecule has 1 aliphatic rings. The zero-order valence-electron chi connectivity index (χ0n) is 9.60. The summed E-state index contributed by atoms with van der Waals surface area (Å²) in [5.41, 5.74) is 5.76.